The first-order valence-electron chi connectivity index (χ1n) is 5.05. The standard InChI is InChI=1S/C11H11BrClNO3S/c12-6-1-2-7(8(13)5-6)10(15)14-9(3-4-18)11(16)17/h1-2,5,9,18H,3-4H2,(H,14,15)(H,16,17). The number of rotatable bonds is 5. The van der Waals surface area contributed by atoms with Crippen LogP contribution >= 0.6 is 40.2 Å². The number of aliphatic carboxylic acids is 1. The molecule has 1 aromatic carbocycles. The minimum Gasteiger partial charge on any atom is -0.480 e. The molecule has 0 spiro atoms. The first kappa shape index (κ1) is 15.3. The lowest BCUT2D eigenvalue weighted by Crippen LogP contribution is -2.41. The molecule has 98 valence electrons. The third-order valence-electron chi connectivity index (χ3n) is 2.20. The maximum Gasteiger partial charge on any atom is 0.326 e. The van der Waals surface area contributed by atoms with Crippen LogP contribution in [-0.4, -0.2) is 28.8 Å². The lowest BCUT2D eigenvalue weighted by Gasteiger charge is -2.14. The fourth-order valence-corrected chi connectivity index (χ4v) is 2.31. The van der Waals surface area contributed by atoms with Crippen molar-refractivity contribution in [2.24, 2.45) is 0 Å². The molecule has 0 saturated carbocycles. The molecule has 0 fully saturated rings. The molecule has 2 N–H and O–H groups in total. The molecule has 1 amide bonds. The number of halogens is 2. The highest BCUT2D eigenvalue weighted by Crippen LogP contribution is 2.21. The van der Waals surface area contributed by atoms with E-state index in [2.05, 4.69) is 33.9 Å². The Balaban J connectivity index is 2.83. The van der Waals surface area contributed by atoms with Gasteiger partial charge in [0.1, 0.15) is 6.04 Å². The highest BCUT2D eigenvalue weighted by atomic mass is 79.9. The minimum absolute atomic E-state index is 0.241. The Bertz CT molecular complexity index is 470. The third-order valence-corrected chi connectivity index (χ3v) is 3.26. The van der Waals surface area contributed by atoms with E-state index in [1.54, 1.807) is 12.1 Å². The maximum atomic E-state index is 11.9. The van der Waals surface area contributed by atoms with E-state index in [9.17, 15) is 9.59 Å². The number of carbonyl (C=O) groups is 2. The van der Waals surface area contributed by atoms with E-state index in [0.29, 0.717) is 5.75 Å². The van der Waals surface area contributed by atoms with Crippen LogP contribution in [0.3, 0.4) is 0 Å². The van der Waals surface area contributed by atoms with Gasteiger partial charge < -0.3 is 10.4 Å². The molecule has 18 heavy (non-hydrogen) atoms. The topological polar surface area (TPSA) is 66.4 Å². The van der Waals surface area contributed by atoms with E-state index in [-0.39, 0.29) is 17.0 Å². The number of carboxylic acids is 1. The van der Waals surface area contributed by atoms with Crippen LogP contribution < -0.4 is 5.32 Å². The molecule has 0 heterocycles. The minimum atomic E-state index is -1.09. The van der Waals surface area contributed by atoms with Crippen molar-refractivity contribution in [3.05, 3.63) is 33.3 Å². The molecule has 0 aliphatic carbocycles. The van der Waals surface area contributed by atoms with Gasteiger partial charge in [0.05, 0.1) is 10.6 Å². The summed E-state index contributed by atoms with van der Waals surface area (Å²) in [5, 5.41) is 11.6. The van der Waals surface area contributed by atoms with Gasteiger partial charge in [0.15, 0.2) is 0 Å². The molecule has 0 aliphatic rings. The van der Waals surface area contributed by atoms with Crippen molar-refractivity contribution in [2.75, 3.05) is 5.75 Å². The van der Waals surface area contributed by atoms with Crippen LogP contribution in [-0.2, 0) is 4.79 Å². The molecular formula is C11H11BrClNO3S. The number of hydrogen-bond acceptors (Lipinski definition) is 3. The van der Waals surface area contributed by atoms with Crippen molar-refractivity contribution >= 4 is 52.0 Å². The molecule has 0 saturated heterocycles. The molecular weight excluding hydrogens is 342 g/mol. The number of carboxylic acid groups (broad SMARTS) is 1. The van der Waals surface area contributed by atoms with Gasteiger partial charge >= 0.3 is 5.97 Å². The largest absolute Gasteiger partial charge is 0.480 e. The summed E-state index contributed by atoms with van der Waals surface area (Å²) in [6.45, 7) is 0. The molecule has 0 aliphatic heterocycles. The maximum absolute atomic E-state index is 11.9. The average molecular weight is 353 g/mol. The number of thiol groups is 1. The SMILES string of the molecule is O=C(NC(CCS)C(=O)O)c1ccc(Br)cc1Cl. The van der Waals surface area contributed by atoms with Gasteiger partial charge in [-0.1, -0.05) is 27.5 Å². The second kappa shape index (κ2) is 7.01. The number of benzene rings is 1. The molecule has 0 aromatic heterocycles. The number of hydrogen-bond donors (Lipinski definition) is 3. The van der Waals surface area contributed by atoms with Crippen LogP contribution in [0.25, 0.3) is 0 Å². The molecule has 1 atom stereocenters. The van der Waals surface area contributed by atoms with Gasteiger partial charge in [0.25, 0.3) is 5.91 Å². The Morgan fingerprint density at radius 1 is 1.50 bits per heavy atom. The van der Waals surface area contributed by atoms with Gasteiger partial charge in [0.2, 0.25) is 0 Å². The molecule has 1 unspecified atom stereocenters. The fourth-order valence-electron chi connectivity index (χ4n) is 1.30. The summed E-state index contributed by atoms with van der Waals surface area (Å²) >= 11 is 13.1. The molecule has 0 bridgehead atoms. The van der Waals surface area contributed by atoms with Gasteiger partial charge in [-0.3, -0.25) is 4.79 Å². The monoisotopic (exact) mass is 351 g/mol. The first-order chi connectivity index (χ1) is 8.45. The van der Waals surface area contributed by atoms with Gasteiger partial charge in [-0.15, -0.1) is 0 Å². The zero-order valence-electron chi connectivity index (χ0n) is 9.19. The summed E-state index contributed by atoms with van der Waals surface area (Å²) in [5.74, 6) is -1.24. The summed E-state index contributed by atoms with van der Waals surface area (Å²) in [6.07, 6.45) is 0.248. The summed E-state index contributed by atoms with van der Waals surface area (Å²) < 4.78 is 0.745. The van der Waals surface area contributed by atoms with Crippen LogP contribution in [0.2, 0.25) is 5.02 Å². The van der Waals surface area contributed by atoms with E-state index >= 15 is 0 Å². The lowest BCUT2D eigenvalue weighted by atomic mass is 10.1. The van der Waals surface area contributed by atoms with Crippen molar-refractivity contribution in [2.45, 2.75) is 12.5 Å². The molecule has 7 heteroatoms. The summed E-state index contributed by atoms with van der Waals surface area (Å²) in [6, 6.07) is 3.80. The summed E-state index contributed by atoms with van der Waals surface area (Å²) in [7, 11) is 0. The van der Waals surface area contributed by atoms with Crippen LogP contribution in [0, 0.1) is 0 Å². The van der Waals surface area contributed by atoms with E-state index in [0.717, 1.165) is 4.47 Å². The van der Waals surface area contributed by atoms with Gasteiger partial charge in [-0.05, 0) is 30.4 Å². The molecule has 1 aromatic rings. The van der Waals surface area contributed by atoms with Gasteiger partial charge in [-0.2, -0.15) is 12.6 Å². The van der Waals surface area contributed by atoms with Crippen LogP contribution in [0.5, 0.6) is 0 Å². The Hall–Kier alpha value is -0.720. The lowest BCUT2D eigenvalue weighted by molar-refractivity contribution is -0.139. The third kappa shape index (κ3) is 4.19. The van der Waals surface area contributed by atoms with E-state index < -0.39 is 17.9 Å². The van der Waals surface area contributed by atoms with Gasteiger partial charge in [0, 0.05) is 4.47 Å². The fraction of sp³-hybridized carbons (Fsp3) is 0.273. The van der Waals surface area contributed by atoms with Crippen LogP contribution in [0.15, 0.2) is 22.7 Å². The smallest absolute Gasteiger partial charge is 0.326 e. The summed E-state index contributed by atoms with van der Waals surface area (Å²) in [5.41, 5.74) is 0.241. The quantitative estimate of drug-likeness (QED) is 0.714. The second-order valence-corrected chi connectivity index (χ2v) is 5.27. The molecule has 0 radical (unpaired) electrons. The normalized spacial score (nSPS) is 11.9. The van der Waals surface area contributed by atoms with Gasteiger partial charge in [-0.25, -0.2) is 4.79 Å². The highest BCUT2D eigenvalue weighted by molar-refractivity contribution is 9.10. The Morgan fingerprint density at radius 2 is 2.17 bits per heavy atom. The van der Waals surface area contributed by atoms with Crippen molar-refractivity contribution in [3.8, 4) is 0 Å². The predicted octanol–water partition coefficient (Wildman–Crippen LogP) is 2.61. The second-order valence-electron chi connectivity index (χ2n) is 3.50. The van der Waals surface area contributed by atoms with Crippen molar-refractivity contribution in [3.63, 3.8) is 0 Å². The zero-order valence-corrected chi connectivity index (χ0v) is 12.4. The van der Waals surface area contributed by atoms with Crippen LogP contribution in [0.1, 0.15) is 16.8 Å². The Labute approximate surface area is 123 Å². The first-order valence-corrected chi connectivity index (χ1v) is 6.85. The van der Waals surface area contributed by atoms with Crippen molar-refractivity contribution in [1.29, 1.82) is 0 Å². The Kier molecular flexibility index (Phi) is 5.98. The Morgan fingerprint density at radius 3 is 2.67 bits per heavy atom. The highest BCUT2D eigenvalue weighted by Gasteiger charge is 2.20. The number of amides is 1. The van der Waals surface area contributed by atoms with Crippen LogP contribution in [0.4, 0.5) is 0 Å². The number of nitrogens with one attached hydrogen (secondary N) is 1. The molecule has 4 nitrogen and oxygen atoms in total. The average Bonchev–Trinajstić information content (AvgIpc) is 2.27. The molecule has 1 rings (SSSR count). The predicted molar refractivity (Wildman–Crippen MR) is 76.5 cm³/mol. The summed E-state index contributed by atoms with van der Waals surface area (Å²) in [4.78, 5) is 22.8. The van der Waals surface area contributed by atoms with E-state index in [1.165, 1.54) is 6.07 Å². The number of carbonyl (C=O) groups excluding carboxylic acids is 1. The van der Waals surface area contributed by atoms with E-state index in [4.69, 9.17) is 16.7 Å². The zero-order chi connectivity index (χ0) is 13.7. The van der Waals surface area contributed by atoms with Crippen molar-refractivity contribution in [1.82, 2.24) is 5.32 Å². The van der Waals surface area contributed by atoms with Crippen molar-refractivity contribution < 1.29 is 14.7 Å². The van der Waals surface area contributed by atoms with E-state index in [1.807, 2.05) is 0 Å².